The quantitative estimate of drug-likeness (QED) is 0.474. The molecule has 132 valence electrons. The van der Waals surface area contributed by atoms with Crippen molar-refractivity contribution in [3.63, 3.8) is 0 Å². The molecule has 3 aromatic rings. The van der Waals surface area contributed by atoms with Crippen LogP contribution in [0.15, 0.2) is 59.3 Å². The van der Waals surface area contributed by atoms with Gasteiger partial charge in [0, 0.05) is 10.2 Å². The first-order chi connectivity index (χ1) is 12.5. The van der Waals surface area contributed by atoms with Crippen LogP contribution in [0.4, 0.5) is 27.4 Å². The first-order valence-corrected chi connectivity index (χ1v) is 8.28. The number of hydrogen-bond donors (Lipinski definition) is 4. The molecule has 26 heavy (non-hydrogen) atoms. The van der Waals surface area contributed by atoms with Crippen LogP contribution in [0.1, 0.15) is 10.4 Å². The van der Waals surface area contributed by atoms with Crippen LogP contribution in [0.5, 0.6) is 0 Å². The molecule has 0 fully saturated rings. The number of carbonyl (C=O) groups is 1. The van der Waals surface area contributed by atoms with E-state index < -0.39 is 0 Å². The fourth-order valence-electron chi connectivity index (χ4n) is 2.09. The fraction of sp³-hybridized carbons (Fsp3) is 0. The summed E-state index contributed by atoms with van der Waals surface area (Å²) in [6, 6.07) is 12.7. The number of benzene rings is 2. The van der Waals surface area contributed by atoms with Crippen LogP contribution in [0.2, 0.25) is 0 Å². The van der Waals surface area contributed by atoms with Gasteiger partial charge >= 0.3 is 0 Å². The SMILES string of the molecule is Nc1c(NNC(=O)c2ccccc2Br)ncnc1Nc1ccc(F)cc1. The highest BCUT2D eigenvalue weighted by molar-refractivity contribution is 9.10. The number of nitrogens with two attached hydrogens (primary N) is 1. The number of rotatable bonds is 5. The number of amides is 1. The predicted molar refractivity (Wildman–Crippen MR) is 101 cm³/mol. The molecule has 7 nitrogen and oxygen atoms in total. The Bertz CT molecular complexity index is 935. The Morgan fingerprint density at radius 3 is 2.46 bits per heavy atom. The van der Waals surface area contributed by atoms with Gasteiger partial charge in [-0.05, 0) is 52.3 Å². The van der Waals surface area contributed by atoms with Crippen LogP contribution in [-0.2, 0) is 0 Å². The van der Waals surface area contributed by atoms with E-state index in [4.69, 9.17) is 5.73 Å². The Labute approximate surface area is 157 Å². The first kappa shape index (κ1) is 17.6. The smallest absolute Gasteiger partial charge is 0.270 e. The number of aromatic nitrogens is 2. The predicted octanol–water partition coefficient (Wildman–Crippen LogP) is 3.46. The lowest BCUT2D eigenvalue weighted by atomic mass is 10.2. The largest absolute Gasteiger partial charge is 0.393 e. The van der Waals surface area contributed by atoms with Gasteiger partial charge in [-0.3, -0.25) is 15.6 Å². The van der Waals surface area contributed by atoms with Gasteiger partial charge in [0.05, 0.1) is 5.56 Å². The molecule has 9 heteroatoms. The maximum absolute atomic E-state index is 13.0. The van der Waals surface area contributed by atoms with Crippen LogP contribution in [0.3, 0.4) is 0 Å². The second-order valence-corrected chi connectivity index (χ2v) is 6.03. The third kappa shape index (κ3) is 4.06. The molecule has 0 aliphatic rings. The molecule has 0 radical (unpaired) electrons. The highest BCUT2D eigenvalue weighted by Crippen LogP contribution is 2.25. The van der Waals surface area contributed by atoms with Crippen LogP contribution in [0, 0.1) is 5.82 Å². The zero-order valence-electron chi connectivity index (χ0n) is 13.3. The standard InChI is InChI=1S/C17H14BrFN6O/c18-13-4-2-1-3-12(13)17(26)25-24-16-14(20)15(21-9-22-16)23-11-7-5-10(19)6-8-11/h1-9H,20H2,(H,25,26)(H2,21,22,23,24). The number of halogens is 2. The van der Waals surface area contributed by atoms with Crippen molar-refractivity contribution in [3.8, 4) is 0 Å². The average Bonchev–Trinajstić information content (AvgIpc) is 2.64. The van der Waals surface area contributed by atoms with Gasteiger partial charge in [0.1, 0.15) is 17.8 Å². The summed E-state index contributed by atoms with van der Waals surface area (Å²) in [6.07, 6.45) is 1.29. The van der Waals surface area contributed by atoms with Gasteiger partial charge in [0.2, 0.25) is 0 Å². The van der Waals surface area contributed by atoms with Crippen molar-refractivity contribution in [3.05, 3.63) is 70.7 Å². The highest BCUT2D eigenvalue weighted by Gasteiger charge is 2.12. The van der Waals surface area contributed by atoms with Gasteiger partial charge in [0.15, 0.2) is 11.6 Å². The zero-order chi connectivity index (χ0) is 18.5. The molecule has 0 atom stereocenters. The summed E-state index contributed by atoms with van der Waals surface area (Å²) in [7, 11) is 0. The van der Waals surface area contributed by atoms with Crippen LogP contribution in [0.25, 0.3) is 0 Å². The van der Waals surface area contributed by atoms with Gasteiger partial charge in [-0.2, -0.15) is 0 Å². The summed E-state index contributed by atoms with van der Waals surface area (Å²) in [5.74, 6) is -0.152. The number of nitrogens with one attached hydrogen (secondary N) is 3. The molecule has 0 bridgehead atoms. The van der Waals surface area contributed by atoms with Crippen molar-refractivity contribution in [2.45, 2.75) is 0 Å². The first-order valence-electron chi connectivity index (χ1n) is 7.48. The summed E-state index contributed by atoms with van der Waals surface area (Å²) >= 11 is 3.32. The van der Waals surface area contributed by atoms with E-state index in [-0.39, 0.29) is 23.2 Å². The van der Waals surface area contributed by atoms with Gasteiger partial charge in [-0.15, -0.1) is 0 Å². The van der Waals surface area contributed by atoms with Gasteiger partial charge in [-0.25, -0.2) is 14.4 Å². The third-order valence-corrected chi connectivity index (χ3v) is 4.10. The molecule has 1 aromatic heterocycles. The molecule has 0 aliphatic heterocycles. The van der Waals surface area contributed by atoms with Gasteiger partial charge in [0.25, 0.3) is 5.91 Å². The summed E-state index contributed by atoms with van der Waals surface area (Å²) in [6.45, 7) is 0. The number of nitrogens with zero attached hydrogens (tertiary/aromatic N) is 2. The Morgan fingerprint density at radius 2 is 1.73 bits per heavy atom. The molecule has 0 spiro atoms. The molecule has 5 N–H and O–H groups in total. The molecule has 1 amide bonds. The number of hydrazine groups is 1. The van der Waals surface area contributed by atoms with Gasteiger partial charge in [-0.1, -0.05) is 12.1 Å². The van der Waals surface area contributed by atoms with Crippen LogP contribution >= 0.6 is 15.9 Å². The van der Waals surface area contributed by atoms with Crippen molar-refractivity contribution in [2.24, 2.45) is 0 Å². The molecule has 3 rings (SSSR count). The molecule has 0 saturated carbocycles. The summed E-state index contributed by atoms with van der Waals surface area (Å²) in [5.41, 5.74) is 12.5. The topological polar surface area (TPSA) is 105 Å². The third-order valence-electron chi connectivity index (χ3n) is 3.40. The van der Waals surface area contributed by atoms with E-state index in [0.29, 0.717) is 21.5 Å². The summed E-state index contributed by atoms with van der Waals surface area (Å²) in [4.78, 5) is 20.3. The molecular formula is C17H14BrFN6O. The minimum absolute atomic E-state index is 0.198. The van der Waals surface area contributed by atoms with E-state index in [0.717, 1.165) is 0 Å². The lowest BCUT2D eigenvalue weighted by Crippen LogP contribution is -2.30. The zero-order valence-corrected chi connectivity index (χ0v) is 14.9. The highest BCUT2D eigenvalue weighted by atomic mass is 79.9. The monoisotopic (exact) mass is 416 g/mol. The van der Waals surface area contributed by atoms with Crippen LogP contribution in [-0.4, -0.2) is 15.9 Å². The van der Waals surface area contributed by atoms with E-state index in [1.54, 1.807) is 30.3 Å². The molecule has 0 saturated heterocycles. The minimum atomic E-state index is -0.358. The van der Waals surface area contributed by atoms with Crippen molar-refractivity contribution in [2.75, 3.05) is 16.5 Å². The van der Waals surface area contributed by atoms with Crippen LogP contribution < -0.4 is 21.9 Å². The van der Waals surface area contributed by atoms with Crippen molar-refractivity contribution < 1.29 is 9.18 Å². The number of nitrogen functional groups attached to an aromatic ring is 1. The molecule has 2 aromatic carbocycles. The maximum atomic E-state index is 13.0. The van der Waals surface area contributed by atoms with E-state index in [1.165, 1.54) is 18.5 Å². The van der Waals surface area contributed by atoms with E-state index >= 15 is 0 Å². The minimum Gasteiger partial charge on any atom is -0.393 e. The molecule has 0 unspecified atom stereocenters. The Balaban J connectivity index is 1.72. The number of carbonyl (C=O) groups excluding carboxylic acids is 1. The molecule has 1 heterocycles. The maximum Gasteiger partial charge on any atom is 0.270 e. The van der Waals surface area contributed by atoms with Crippen molar-refractivity contribution >= 4 is 44.8 Å². The Hall–Kier alpha value is -3.20. The number of anilines is 4. The van der Waals surface area contributed by atoms with E-state index in [9.17, 15) is 9.18 Å². The second kappa shape index (κ2) is 7.79. The normalized spacial score (nSPS) is 10.2. The fourth-order valence-corrected chi connectivity index (χ4v) is 2.56. The van der Waals surface area contributed by atoms with Crippen molar-refractivity contribution in [1.82, 2.24) is 15.4 Å². The summed E-state index contributed by atoms with van der Waals surface area (Å²) in [5, 5.41) is 2.97. The molecule has 0 aliphatic carbocycles. The van der Waals surface area contributed by atoms with Crippen molar-refractivity contribution in [1.29, 1.82) is 0 Å². The van der Waals surface area contributed by atoms with Gasteiger partial charge < -0.3 is 11.1 Å². The Kier molecular flexibility index (Phi) is 5.28. The van der Waals surface area contributed by atoms with E-state index in [2.05, 4.69) is 42.1 Å². The summed E-state index contributed by atoms with van der Waals surface area (Å²) < 4.78 is 13.6. The molecular weight excluding hydrogens is 403 g/mol. The average molecular weight is 417 g/mol. The Morgan fingerprint density at radius 1 is 1.04 bits per heavy atom. The number of hydrogen-bond acceptors (Lipinski definition) is 6. The second-order valence-electron chi connectivity index (χ2n) is 5.18. The lowest BCUT2D eigenvalue weighted by Gasteiger charge is -2.13. The lowest BCUT2D eigenvalue weighted by molar-refractivity contribution is 0.0961. The van der Waals surface area contributed by atoms with E-state index in [1.807, 2.05) is 6.07 Å².